The lowest BCUT2D eigenvalue weighted by Crippen LogP contribution is -2.39. The molecule has 1 saturated carbocycles. The van der Waals surface area contributed by atoms with E-state index in [9.17, 15) is 5.11 Å². The molecule has 0 aromatic rings. The van der Waals surface area contributed by atoms with E-state index in [0.29, 0.717) is 12.0 Å². The van der Waals surface area contributed by atoms with Crippen molar-refractivity contribution in [2.24, 2.45) is 11.3 Å². The smallest absolute Gasteiger partial charge is 0.0987 e. The Balaban J connectivity index is 2.17. The van der Waals surface area contributed by atoms with E-state index < -0.39 is 0 Å². The molecule has 15 heavy (non-hydrogen) atoms. The van der Waals surface area contributed by atoms with Crippen LogP contribution >= 0.6 is 0 Å². The average Bonchev–Trinajstić information content (AvgIpc) is 2.74. The minimum absolute atomic E-state index is 0.0349. The third-order valence-corrected chi connectivity index (χ3v) is 4.07. The molecule has 4 atom stereocenters. The molecule has 2 aliphatic rings. The molecule has 1 aliphatic heterocycles. The predicted molar refractivity (Wildman–Crippen MR) is 60.6 cm³/mol. The summed E-state index contributed by atoms with van der Waals surface area (Å²) < 4.78 is 5.81. The molecule has 2 heteroatoms. The quantitative estimate of drug-likeness (QED) is 0.561. The first-order valence-corrected chi connectivity index (χ1v) is 5.90. The van der Waals surface area contributed by atoms with Gasteiger partial charge in [-0.3, -0.25) is 0 Å². The number of ether oxygens (including phenoxy) is 1. The largest absolute Gasteiger partial charge is 0.389 e. The van der Waals surface area contributed by atoms with Crippen LogP contribution in [0.5, 0.6) is 0 Å². The fraction of sp³-hybridized carbons (Fsp3) is 0.846. The van der Waals surface area contributed by atoms with Crippen LogP contribution in [0.1, 0.15) is 40.5 Å². The average molecular weight is 210 g/mol. The molecule has 0 aromatic carbocycles. The molecule has 0 amide bonds. The first-order chi connectivity index (χ1) is 6.86. The van der Waals surface area contributed by atoms with Crippen LogP contribution in [0.2, 0.25) is 0 Å². The van der Waals surface area contributed by atoms with E-state index in [1.165, 1.54) is 12.8 Å². The molecular formula is C13H22O2. The van der Waals surface area contributed by atoms with E-state index in [0.717, 1.165) is 0 Å². The molecule has 86 valence electrons. The summed E-state index contributed by atoms with van der Waals surface area (Å²) in [6.45, 7) is 8.59. The summed E-state index contributed by atoms with van der Waals surface area (Å²) in [5.41, 5.74) is 0.320. The van der Waals surface area contributed by atoms with E-state index >= 15 is 0 Å². The van der Waals surface area contributed by atoms with Crippen molar-refractivity contribution in [1.82, 2.24) is 0 Å². The molecule has 2 nitrogen and oxygen atoms in total. The van der Waals surface area contributed by atoms with Crippen molar-refractivity contribution in [3.63, 3.8) is 0 Å². The normalized spacial score (nSPS) is 45.1. The summed E-state index contributed by atoms with van der Waals surface area (Å²) in [4.78, 5) is 0. The second-order valence-corrected chi connectivity index (χ2v) is 5.92. The van der Waals surface area contributed by atoms with Crippen LogP contribution in [-0.4, -0.2) is 22.9 Å². The molecule has 1 saturated heterocycles. The van der Waals surface area contributed by atoms with Gasteiger partial charge >= 0.3 is 0 Å². The number of aliphatic hydroxyl groups excluding tert-OH is 1. The van der Waals surface area contributed by atoms with Crippen molar-refractivity contribution in [3.8, 4) is 0 Å². The Kier molecular flexibility index (Phi) is 2.47. The first-order valence-electron chi connectivity index (χ1n) is 5.90. The van der Waals surface area contributed by atoms with Gasteiger partial charge in [0.1, 0.15) is 0 Å². The number of hydrogen-bond acceptors (Lipinski definition) is 2. The molecule has 0 radical (unpaired) electrons. The van der Waals surface area contributed by atoms with Crippen molar-refractivity contribution >= 4 is 0 Å². The number of fused-ring (bicyclic) bond motifs is 1. The molecule has 0 unspecified atom stereocenters. The Hall–Kier alpha value is -0.340. The Bertz CT molecular complexity index is 276. The second-order valence-electron chi connectivity index (χ2n) is 5.92. The molecule has 1 aliphatic carbocycles. The monoisotopic (exact) mass is 210 g/mol. The molecule has 2 rings (SSSR count). The minimum atomic E-state index is -0.358. The number of aliphatic hydroxyl groups is 1. The molecule has 0 aromatic heterocycles. The minimum Gasteiger partial charge on any atom is -0.389 e. The molecular weight excluding hydrogens is 188 g/mol. The van der Waals surface area contributed by atoms with Crippen LogP contribution in [0.3, 0.4) is 0 Å². The summed E-state index contributed by atoms with van der Waals surface area (Å²) in [7, 11) is 0. The molecule has 2 fully saturated rings. The zero-order valence-corrected chi connectivity index (χ0v) is 10.2. The maximum Gasteiger partial charge on any atom is 0.0987 e. The highest BCUT2D eigenvalue weighted by Gasteiger charge is 2.63. The Morgan fingerprint density at radius 1 is 1.40 bits per heavy atom. The summed E-state index contributed by atoms with van der Waals surface area (Å²) in [5, 5.41) is 9.31. The van der Waals surface area contributed by atoms with Crippen molar-refractivity contribution in [2.45, 2.75) is 58.3 Å². The Morgan fingerprint density at radius 3 is 2.67 bits per heavy atom. The predicted octanol–water partition coefficient (Wildman–Crippen LogP) is 2.52. The van der Waals surface area contributed by atoms with Crippen LogP contribution in [0.25, 0.3) is 0 Å². The first kappa shape index (κ1) is 11.2. The van der Waals surface area contributed by atoms with Gasteiger partial charge in [0.25, 0.3) is 0 Å². The van der Waals surface area contributed by atoms with Gasteiger partial charge in [0, 0.05) is 5.92 Å². The second kappa shape index (κ2) is 3.33. The Morgan fingerprint density at radius 2 is 2.07 bits per heavy atom. The molecule has 1 heterocycles. The summed E-state index contributed by atoms with van der Waals surface area (Å²) in [6, 6.07) is 0. The number of epoxide rings is 1. The van der Waals surface area contributed by atoms with Gasteiger partial charge in [-0.1, -0.05) is 26.0 Å². The van der Waals surface area contributed by atoms with Crippen LogP contribution in [-0.2, 0) is 4.74 Å². The third-order valence-electron chi connectivity index (χ3n) is 4.07. The van der Waals surface area contributed by atoms with Crippen molar-refractivity contribution in [2.75, 3.05) is 0 Å². The highest BCUT2D eigenvalue weighted by molar-refractivity contribution is 5.18. The van der Waals surface area contributed by atoms with Crippen LogP contribution in [0, 0.1) is 11.3 Å². The molecule has 1 N–H and O–H groups in total. The van der Waals surface area contributed by atoms with E-state index in [1.807, 2.05) is 6.08 Å². The van der Waals surface area contributed by atoms with Gasteiger partial charge in [-0.2, -0.15) is 0 Å². The lowest BCUT2D eigenvalue weighted by Gasteiger charge is -2.38. The highest BCUT2D eigenvalue weighted by atomic mass is 16.6. The zero-order chi connectivity index (χ0) is 11.3. The van der Waals surface area contributed by atoms with E-state index in [2.05, 4.69) is 26.8 Å². The zero-order valence-electron chi connectivity index (χ0n) is 10.2. The lowest BCUT2D eigenvalue weighted by molar-refractivity contribution is 0.134. The molecule has 0 spiro atoms. The number of rotatable bonds is 2. The molecule has 0 bridgehead atoms. The standard InChI is InChI=1S/C13H22O2/c1-9(14)5-6-10-12(2,3)8-7-11-13(10,4)15-11/h5-6,9-11,14H,7-8H2,1-4H3/t9-,10+,11-,13+/m1/s1. The van der Waals surface area contributed by atoms with Gasteiger partial charge in [0.2, 0.25) is 0 Å². The van der Waals surface area contributed by atoms with Crippen LogP contribution in [0.15, 0.2) is 12.2 Å². The maximum absolute atomic E-state index is 9.31. The van der Waals surface area contributed by atoms with Gasteiger partial charge in [-0.25, -0.2) is 0 Å². The summed E-state index contributed by atoms with van der Waals surface area (Å²) >= 11 is 0. The SMILES string of the molecule is C[C@@H](O)C=C[C@H]1C(C)(C)CC[C@H]2O[C@]21C. The van der Waals surface area contributed by atoms with Crippen LogP contribution < -0.4 is 0 Å². The Labute approximate surface area is 92.3 Å². The van der Waals surface area contributed by atoms with Crippen LogP contribution in [0.4, 0.5) is 0 Å². The van der Waals surface area contributed by atoms with Gasteiger partial charge in [0.15, 0.2) is 0 Å². The maximum atomic E-state index is 9.31. The summed E-state index contributed by atoms with van der Waals surface area (Å²) in [5.74, 6) is 0.429. The van der Waals surface area contributed by atoms with Gasteiger partial charge < -0.3 is 9.84 Å². The van der Waals surface area contributed by atoms with Gasteiger partial charge in [-0.15, -0.1) is 0 Å². The third kappa shape index (κ3) is 1.85. The van der Waals surface area contributed by atoms with E-state index in [1.54, 1.807) is 6.92 Å². The fourth-order valence-electron chi connectivity index (χ4n) is 3.05. The topological polar surface area (TPSA) is 32.8 Å². The van der Waals surface area contributed by atoms with Crippen molar-refractivity contribution in [3.05, 3.63) is 12.2 Å². The van der Waals surface area contributed by atoms with Gasteiger partial charge in [0.05, 0.1) is 17.8 Å². The van der Waals surface area contributed by atoms with Crippen molar-refractivity contribution < 1.29 is 9.84 Å². The highest BCUT2D eigenvalue weighted by Crippen LogP contribution is 2.58. The summed E-state index contributed by atoms with van der Waals surface area (Å²) in [6.07, 6.45) is 6.54. The van der Waals surface area contributed by atoms with E-state index in [-0.39, 0.29) is 17.1 Å². The van der Waals surface area contributed by atoms with Gasteiger partial charge in [-0.05, 0) is 32.1 Å². The van der Waals surface area contributed by atoms with E-state index in [4.69, 9.17) is 4.74 Å². The number of hydrogen-bond donors (Lipinski definition) is 1. The lowest BCUT2D eigenvalue weighted by atomic mass is 9.64. The van der Waals surface area contributed by atoms with Crippen molar-refractivity contribution in [1.29, 1.82) is 0 Å². The fourth-order valence-corrected chi connectivity index (χ4v) is 3.05.